The normalized spacial score (nSPS) is 23.1. The van der Waals surface area contributed by atoms with Crippen molar-refractivity contribution in [2.24, 2.45) is 0 Å². The van der Waals surface area contributed by atoms with Gasteiger partial charge in [-0.2, -0.15) is 0 Å². The molecule has 2 aliphatic rings. The van der Waals surface area contributed by atoms with Gasteiger partial charge in [0.15, 0.2) is 0 Å². The Hall–Kier alpha value is -1.26. The molecule has 1 amide bonds. The average molecular weight is 339 g/mol. The topological polar surface area (TPSA) is 41.6 Å². The smallest absolute Gasteiger partial charge is 0.226 e. The number of carbonyl (C=O) groups is 1. The summed E-state index contributed by atoms with van der Waals surface area (Å²) in [4.78, 5) is 14.4. The maximum Gasteiger partial charge on any atom is 0.226 e. The summed E-state index contributed by atoms with van der Waals surface area (Å²) < 4.78 is 5.81. The number of halogens is 1. The van der Waals surface area contributed by atoms with E-state index in [9.17, 15) is 4.79 Å². The highest BCUT2D eigenvalue weighted by molar-refractivity contribution is 5.85. The van der Waals surface area contributed by atoms with Crippen LogP contribution in [-0.4, -0.2) is 42.6 Å². The number of carbonyl (C=O) groups excluding carboxylic acids is 1. The fraction of sp³-hybridized carbons (Fsp3) is 0.611. The average Bonchev–Trinajstić information content (AvgIpc) is 2.82. The molecule has 0 aromatic heterocycles. The summed E-state index contributed by atoms with van der Waals surface area (Å²) in [6.07, 6.45) is 4.01. The quantitative estimate of drug-likeness (QED) is 0.917. The molecule has 4 nitrogen and oxygen atoms in total. The van der Waals surface area contributed by atoms with Crippen LogP contribution in [0.1, 0.15) is 36.8 Å². The van der Waals surface area contributed by atoms with E-state index in [0.29, 0.717) is 25.1 Å². The Kier molecular flexibility index (Phi) is 6.31. The molecule has 23 heavy (non-hydrogen) atoms. The van der Waals surface area contributed by atoms with Gasteiger partial charge in [0.25, 0.3) is 0 Å². The fourth-order valence-electron chi connectivity index (χ4n) is 3.46. The van der Waals surface area contributed by atoms with Gasteiger partial charge in [-0.15, -0.1) is 12.4 Å². The molecule has 128 valence electrons. The summed E-state index contributed by atoms with van der Waals surface area (Å²) in [5, 5.41) is 3.61. The minimum atomic E-state index is 0. The van der Waals surface area contributed by atoms with Crippen LogP contribution in [0.4, 0.5) is 0 Å². The van der Waals surface area contributed by atoms with Crippen LogP contribution in [0.25, 0.3) is 0 Å². The number of hydrogen-bond donors (Lipinski definition) is 1. The first-order chi connectivity index (χ1) is 10.6. The van der Waals surface area contributed by atoms with Gasteiger partial charge < -0.3 is 15.0 Å². The van der Waals surface area contributed by atoms with Crippen molar-refractivity contribution in [2.45, 2.75) is 51.6 Å². The molecule has 1 N–H and O–H groups in total. The van der Waals surface area contributed by atoms with Crippen molar-refractivity contribution < 1.29 is 9.53 Å². The van der Waals surface area contributed by atoms with E-state index in [0.717, 1.165) is 30.8 Å². The van der Waals surface area contributed by atoms with E-state index >= 15 is 0 Å². The third-order valence-electron chi connectivity index (χ3n) is 5.00. The Balaban J connectivity index is 0.00000192. The number of ether oxygens (including phenoxy) is 1. The molecule has 2 heterocycles. The molecular weight excluding hydrogens is 312 g/mol. The van der Waals surface area contributed by atoms with Gasteiger partial charge in [0.05, 0.1) is 13.0 Å². The number of fused-ring (bicyclic) bond motifs is 2. The number of benzene rings is 1. The van der Waals surface area contributed by atoms with Crippen molar-refractivity contribution >= 4 is 18.3 Å². The molecule has 0 aliphatic carbocycles. The van der Waals surface area contributed by atoms with Gasteiger partial charge >= 0.3 is 0 Å². The van der Waals surface area contributed by atoms with Crippen LogP contribution in [-0.2, 0) is 4.79 Å². The number of rotatable bonds is 4. The first-order valence-electron chi connectivity index (χ1n) is 8.36. The summed E-state index contributed by atoms with van der Waals surface area (Å²) in [5.41, 5.74) is 2.38. The molecular formula is C18H27ClN2O2. The lowest BCUT2D eigenvalue weighted by Gasteiger charge is -2.24. The van der Waals surface area contributed by atoms with Gasteiger partial charge in [-0.05, 0) is 50.3 Å². The minimum Gasteiger partial charge on any atom is -0.493 e. The van der Waals surface area contributed by atoms with Crippen molar-refractivity contribution in [3.05, 3.63) is 29.3 Å². The maximum atomic E-state index is 12.4. The summed E-state index contributed by atoms with van der Waals surface area (Å²) >= 11 is 0. The summed E-state index contributed by atoms with van der Waals surface area (Å²) in [5.74, 6) is 1.11. The van der Waals surface area contributed by atoms with Gasteiger partial charge in [-0.1, -0.05) is 12.1 Å². The zero-order chi connectivity index (χ0) is 15.5. The van der Waals surface area contributed by atoms with Crippen molar-refractivity contribution in [3.63, 3.8) is 0 Å². The lowest BCUT2D eigenvalue weighted by atomic mass is 10.1. The van der Waals surface area contributed by atoms with Crippen LogP contribution < -0.4 is 10.1 Å². The Morgan fingerprint density at radius 1 is 1.26 bits per heavy atom. The van der Waals surface area contributed by atoms with Crippen molar-refractivity contribution in [1.82, 2.24) is 10.2 Å². The summed E-state index contributed by atoms with van der Waals surface area (Å²) in [6.45, 7) is 6.34. The lowest BCUT2D eigenvalue weighted by Crippen LogP contribution is -2.39. The number of amides is 1. The molecule has 2 atom stereocenters. The van der Waals surface area contributed by atoms with Gasteiger partial charge in [-0.25, -0.2) is 0 Å². The van der Waals surface area contributed by atoms with Crippen LogP contribution in [0.2, 0.25) is 0 Å². The molecule has 0 spiro atoms. The van der Waals surface area contributed by atoms with Crippen molar-refractivity contribution in [2.75, 3.05) is 19.7 Å². The molecule has 2 unspecified atom stereocenters. The molecule has 5 heteroatoms. The predicted molar refractivity (Wildman–Crippen MR) is 94.4 cm³/mol. The van der Waals surface area contributed by atoms with Crippen molar-refractivity contribution in [3.8, 4) is 5.75 Å². The Morgan fingerprint density at radius 3 is 2.87 bits per heavy atom. The second-order valence-corrected chi connectivity index (χ2v) is 6.56. The molecule has 0 saturated carbocycles. The summed E-state index contributed by atoms with van der Waals surface area (Å²) in [6, 6.07) is 7.16. The predicted octanol–water partition coefficient (Wildman–Crippen LogP) is 2.85. The van der Waals surface area contributed by atoms with E-state index in [1.807, 2.05) is 17.0 Å². The number of hydrogen-bond acceptors (Lipinski definition) is 3. The SMILES string of the molecule is Cc1cccc(OCCC(=O)N2CCC3CCC(C2)N3)c1C.Cl. The van der Waals surface area contributed by atoms with E-state index in [2.05, 4.69) is 25.2 Å². The minimum absolute atomic E-state index is 0. The number of likely N-dealkylation sites (tertiary alicyclic amines) is 1. The molecule has 0 radical (unpaired) electrons. The number of nitrogens with one attached hydrogen (secondary N) is 1. The number of aryl methyl sites for hydroxylation is 1. The molecule has 2 bridgehead atoms. The maximum absolute atomic E-state index is 12.4. The van der Waals surface area contributed by atoms with Crippen LogP contribution in [0.15, 0.2) is 18.2 Å². The monoisotopic (exact) mass is 338 g/mol. The highest BCUT2D eigenvalue weighted by Gasteiger charge is 2.30. The van der Waals surface area contributed by atoms with Gasteiger partial charge in [0.2, 0.25) is 5.91 Å². The second kappa shape index (κ2) is 8.02. The zero-order valence-corrected chi connectivity index (χ0v) is 14.8. The van der Waals surface area contributed by atoms with Gasteiger partial charge in [0.1, 0.15) is 5.75 Å². The molecule has 2 aliphatic heterocycles. The lowest BCUT2D eigenvalue weighted by molar-refractivity contribution is -0.131. The first-order valence-corrected chi connectivity index (χ1v) is 8.36. The highest BCUT2D eigenvalue weighted by Crippen LogP contribution is 2.22. The second-order valence-electron chi connectivity index (χ2n) is 6.56. The molecule has 2 fully saturated rings. The molecule has 1 aromatic carbocycles. The largest absolute Gasteiger partial charge is 0.493 e. The van der Waals surface area contributed by atoms with Crippen molar-refractivity contribution in [1.29, 1.82) is 0 Å². The third kappa shape index (κ3) is 4.39. The van der Waals surface area contributed by atoms with Crippen LogP contribution in [0.3, 0.4) is 0 Å². The van der Waals surface area contributed by atoms with Crippen LogP contribution in [0.5, 0.6) is 5.75 Å². The van der Waals surface area contributed by atoms with E-state index in [1.165, 1.54) is 18.4 Å². The van der Waals surface area contributed by atoms with Gasteiger partial charge in [-0.3, -0.25) is 4.79 Å². The van der Waals surface area contributed by atoms with E-state index in [1.54, 1.807) is 0 Å². The summed E-state index contributed by atoms with van der Waals surface area (Å²) in [7, 11) is 0. The third-order valence-corrected chi connectivity index (χ3v) is 5.00. The standard InChI is InChI=1S/C18H26N2O2.ClH/c1-13-4-3-5-17(14(13)2)22-11-9-18(21)20-10-8-15-6-7-16(12-20)19-15;/h3-5,15-16,19H,6-12H2,1-2H3;1H. The Bertz CT molecular complexity index is 550. The molecule has 1 aromatic rings. The number of nitrogens with zero attached hydrogens (tertiary/aromatic N) is 1. The van der Waals surface area contributed by atoms with Gasteiger partial charge in [0, 0.05) is 25.2 Å². The first kappa shape index (κ1) is 18.1. The fourth-order valence-corrected chi connectivity index (χ4v) is 3.46. The Labute approximate surface area is 145 Å². The highest BCUT2D eigenvalue weighted by atomic mass is 35.5. The van der Waals surface area contributed by atoms with E-state index in [4.69, 9.17) is 4.74 Å². The van der Waals surface area contributed by atoms with E-state index in [-0.39, 0.29) is 18.3 Å². The van der Waals surface area contributed by atoms with Crippen LogP contribution in [0, 0.1) is 13.8 Å². The zero-order valence-electron chi connectivity index (χ0n) is 14.0. The van der Waals surface area contributed by atoms with Crippen LogP contribution >= 0.6 is 12.4 Å². The molecule has 2 saturated heterocycles. The Morgan fingerprint density at radius 2 is 2.04 bits per heavy atom. The molecule has 3 rings (SSSR count). The van der Waals surface area contributed by atoms with E-state index < -0.39 is 0 Å².